The Hall–Kier alpha value is -0.0400. The maximum Gasteiger partial charge on any atom is 0.0386 e. The number of rotatable bonds is 3. The third kappa shape index (κ3) is 5.25. The summed E-state index contributed by atoms with van der Waals surface area (Å²) in [5, 5.41) is 0. The molecule has 0 bridgehead atoms. The first kappa shape index (κ1) is 11.0. The quantitative estimate of drug-likeness (QED) is 0.493. The zero-order valence-corrected chi connectivity index (χ0v) is 9.40. The monoisotopic (exact) mass is 216 g/mol. The van der Waals surface area contributed by atoms with E-state index < -0.39 is 0 Å². The zero-order chi connectivity index (χ0) is 8.85. The third-order valence-electron chi connectivity index (χ3n) is 1.68. The van der Waals surface area contributed by atoms with E-state index in [2.05, 4.69) is 55.8 Å². The third-order valence-corrected chi connectivity index (χ3v) is 2.78. The zero-order valence-electron chi connectivity index (χ0n) is 7.82. The summed E-state index contributed by atoms with van der Waals surface area (Å²) in [5.74, 6) is 0. The van der Waals surface area contributed by atoms with E-state index in [4.69, 9.17) is 0 Å². The standard InChI is InChI=1S/C10H17Br/c1-5-9(4)10(11)7-6-8(2)3/h5-6,10H,7H2,1-4H3/b9-5+. The van der Waals surface area contributed by atoms with Crippen molar-refractivity contribution in [3.05, 3.63) is 23.3 Å². The SMILES string of the molecule is C/C=C(\C)C(Br)CC=C(C)C. The van der Waals surface area contributed by atoms with Crippen molar-refractivity contribution in [2.75, 3.05) is 0 Å². The highest BCUT2D eigenvalue weighted by molar-refractivity contribution is 9.09. The molecule has 0 amide bonds. The molecule has 0 radical (unpaired) electrons. The van der Waals surface area contributed by atoms with Gasteiger partial charge in [-0.15, -0.1) is 0 Å². The van der Waals surface area contributed by atoms with Gasteiger partial charge in [-0.3, -0.25) is 0 Å². The second-order valence-electron chi connectivity index (χ2n) is 3.02. The van der Waals surface area contributed by atoms with Gasteiger partial charge in [0.2, 0.25) is 0 Å². The van der Waals surface area contributed by atoms with Gasteiger partial charge in [-0.1, -0.05) is 39.2 Å². The number of hydrogen-bond acceptors (Lipinski definition) is 0. The molecule has 0 aromatic carbocycles. The van der Waals surface area contributed by atoms with E-state index in [-0.39, 0.29) is 0 Å². The number of hydrogen-bond donors (Lipinski definition) is 0. The molecular weight excluding hydrogens is 200 g/mol. The van der Waals surface area contributed by atoms with E-state index in [9.17, 15) is 0 Å². The highest BCUT2D eigenvalue weighted by Crippen LogP contribution is 2.16. The molecule has 0 nitrogen and oxygen atoms in total. The lowest BCUT2D eigenvalue weighted by atomic mass is 10.1. The molecule has 1 atom stereocenters. The predicted octanol–water partition coefficient (Wildman–Crippen LogP) is 4.07. The van der Waals surface area contributed by atoms with Crippen LogP contribution < -0.4 is 0 Å². The molecule has 64 valence electrons. The van der Waals surface area contributed by atoms with Crippen molar-refractivity contribution in [3.63, 3.8) is 0 Å². The molecule has 0 aliphatic carbocycles. The van der Waals surface area contributed by atoms with Crippen LogP contribution in [-0.4, -0.2) is 4.83 Å². The van der Waals surface area contributed by atoms with E-state index >= 15 is 0 Å². The summed E-state index contributed by atoms with van der Waals surface area (Å²) in [5.41, 5.74) is 2.79. The summed E-state index contributed by atoms with van der Waals surface area (Å²) >= 11 is 3.62. The maximum atomic E-state index is 3.62. The Morgan fingerprint density at radius 3 is 2.27 bits per heavy atom. The lowest BCUT2D eigenvalue weighted by Crippen LogP contribution is -1.96. The Morgan fingerprint density at radius 1 is 1.36 bits per heavy atom. The molecule has 0 heterocycles. The molecule has 0 rings (SSSR count). The van der Waals surface area contributed by atoms with Crippen LogP contribution in [0, 0.1) is 0 Å². The average Bonchev–Trinajstić information content (AvgIpc) is 1.98. The van der Waals surface area contributed by atoms with Crippen molar-refractivity contribution in [2.45, 2.75) is 38.9 Å². The minimum absolute atomic E-state index is 0.516. The first-order valence-electron chi connectivity index (χ1n) is 3.98. The molecule has 11 heavy (non-hydrogen) atoms. The van der Waals surface area contributed by atoms with Gasteiger partial charge in [0.05, 0.1) is 0 Å². The van der Waals surface area contributed by atoms with Crippen LogP contribution in [0.5, 0.6) is 0 Å². The Balaban J connectivity index is 3.88. The van der Waals surface area contributed by atoms with Gasteiger partial charge in [-0.05, 0) is 34.1 Å². The second kappa shape index (κ2) is 5.59. The molecule has 0 spiro atoms. The van der Waals surface area contributed by atoms with E-state index in [1.54, 1.807) is 0 Å². The van der Waals surface area contributed by atoms with Crippen molar-refractivity contribution >= 4 is 15.9 Å². The summed E-state index contributed by atoms with van der Waals surface area (Å²) in [6, 6.07) is 0. The van der Waals surface area contributed by atoms with Crippen molar-refractivity contribution in [2.24, 2.45) is 0 Å². The van der Waals surface area contributed by atoms with Gasteiger partial charge in [0.15, 0.2) is 0 Å². The van der Waals surface area contributed by atoms with Crippen LogP contribution in [0.4, 0.5) is 0 Å². The lowest BCUT2D eigenvalue weighted by Gasteiger charge is -2.06. The Kier molecular flexibility index (Phi) is 5.57. The van der Waals surface area contributed by atoms with E-state index in [0.717, 1.165) is 6.42 Å². The summed E-state index contributed by atoms with van der Waals surface area (Å²) < 4.78 is 0. The van der Waals surface area contributed by atoms with Crippen LogP contribution in [-0.2, 0) is 0 Å². The molecule has 0 saturated carbocycles. The van der Waals surface area contributed by atoms with Crippen LogP contribution in [0.2, 0.25) is 0 Å². The maximum absolute atomic E-state index is 3.62. The molecule has 0 saturated heterocycles. The van der Waals surface area contributed by atoms with Crippen molar-refractivity contribution in [1.82, 2.24) is 0 Å². The van der Waals surface area contributed by atoms with Gasteiger partial charge in [0, 0.05) is 4.83 Å². The summed E-state index contributed by atoms with van der Waals surface area (Å²) in [6.07, 6.45) is 5.50. The fraction of sp³-hybridized carbons (Fsp3) is 0.600. The molecule has 0 fully saturated rings. The van der Waals surface area contributed by atoms with Gasteiger partial charge in [0.1, 0.15) is 0 Å². The van der Waals surface area contributed by atoms with Crippen LogP contribution in [0.3, 0.4) is 0 Å². The topological polar surface area (TPSA) is 0 Å². The highest BCUT2D eigenvalue weighted by atomic mass is 79.9. The molecule has 1 heteroatoms. The highest BCUT2D eigenvalue weighted by Gasteiger charge is 2.01. The fourth-order valence-electron chi connectivity index (χ4n) is 0.706. The van der Waals surface area contributed by atoms with Crippen LogP contribution in [0.15, 0.2) is 23.3 Å². The summed E-state index contributed by atoms with van der Waals surface area (Å²) in [4.78, 5) is 0.516. The Morgan fingerprint density at radius 2 is 1.91 bits per heavy atom. The van der Waals surface area contributed by atoms with E-state index in [1.807, 2.05) is 0 Å². The summed E-state index contributed by atoms with van der Waals surface area (Å²) in [6.45, 7) is 8.49. The van der Waals surface area contributed by atoms with Crippen LogP contribution >= 0.6 is 15.9 Å². The molecule has 0 aromatic rings. The molecular formula is C10H17Br. The summed E-state index contributed by atoms with van der Waals surface area (Å²) in [7, 11) is 0. The van der Waals surface area contributed by atoms with Crippen LogP contribution in [0.25, 0.3) is 0 Å². The Bertz CT molecular complexity index is 162. The second-order valence-corrected chi connectivity index (χ2v) is 4.12. The molecule has 0 aliphatic heterocycles. The minimum atomic E-state index is 0.516. The average molecular weight is 217 g/mol. The van der Waals surface area contributed by atoms with Gasteiger partial charge < -0.3 is 0 Å². The predicted molar refractivity (Wildman–Crippen MR) is 56.2 cm³/mol. The van der Waals surface area contributed by atoms with Gasteiger partial charge in [-0.2, -0.15) is 0 Å². The van der Waals surface area contributed by atoms with Crippen molar-refractivity contribution < 1.29 is 0 Å². The molecule has 0 aromatic heterocycles. The smallest absolute Gasteiger partial charge is 0.0386 e. The minimum Gasteiger partial charge on any atom is -0.0876 e. The number of halogens is 1. The Labute approximate surface area is 78.5 Å². The lowest BCUT2D eigenvalue weighted by molar-refractivity contribution is 0.999. The van der Waals surface area contributed by atoms with Gasteiger partial charge in [-0.25, -0.2) is 0 Å². The van der Waals surface area contributed by atoms with Gasteiger partial charge in [0.25, 0.3) is 0 Å². The largest absolute Gasteiger partial charge is 0.0876 e. The molecule has 0 N–H and O–H groups in total. The first-order chi connectivity index (χ1) is 5.07. The molecule has 1 unspecified atom stereocenters. The van der Waals surface area contributed by atoms with Crippen molar-refractivity contribution in [1.29, 1.82) is 0 Å². The van der Waals surface area contributed by atoms with Crippen molar-refractivity contribution in [3.8, 4) is 0 Å². The fourth-order valence-corrected chi connectivity index (χ4v) is 1.16. The molecule has 0 aliphatic rings. The number of allylic oxidation sites excluding steroid dienone is 4. The first-order valence-corrected chi connectivity index (χ1v) is 4.89. The normalized spacial score (nSPS) is 14.5. The van der Waals surface area contributed by atoms with Crippen LogP contribution in [0.1, 0.15) is 34.1 Å². The van der Waals surface area contributed by atoms with E-state index in [1.165, 1.54) is 11.1 Å². The van der Waals surface area contributed by atoms with E-state index in [0.29, 0.717) is 4.83 Å². The van der Waals surface area contributed by atoms with Gasteiger partial charge >= 0.3 is 0 Å². The number of alkyl halides is 1.